The van der Waals surface area contributed by atoms with Crippen molar-refractivity contribution in [2.24, 2.45) is 14.1 Å². The van der Waals surface area contributed by atoms with E-state index in [1.54, 1.807) is 43.7 Å². The number of carbonyl (C=O) groups excluding carboxylic acids is 2. The molecule has 10 rings (SSSR count). The summed E-state index contributed by atoms with van der Waals surface area (Å²) in [5.74, 6) is 1.69. The van der Waals surface area contributed by atoms with E-state index in [0.29, 0.717) is 55.4 Å². The van der Waals surface area contributed by atoms with Crippen LogP contribution in [0.5, 0.6) is 23.0 Å². The van der Waals surface area contributed by atoms with Gasteiger partial charge in [-0.05, 0) is 74.5 Å². The number of nitrogens with zero attached hydrogens (tertiary/aromatic N) is 6. The van der Waals surface area contributed by atoms with Gasteiger partial charge in [0.25, 0.3) is 17.8 Å². The van der Waals surface area contributed by atoms with Crippen LogP contribution < -0.4 is 18.9 Å². The summed E-state index contributed by atoms with van der Waals surface area (Å²) in [5, 5.41) is 28.3. The lowest BCUT2D eigenvalue weighted by molar-refractivity contribution is -0.176. The summed E-state index contributed by atoms with van der Waals surface area (Å²) < 4.78 is 53.2. The van der Waals surface area contributed by atoms with Crippen LogP contribution in [-0.2, 0) is 39.9 Å². The Hall–Kier alpha value is -6.87. The van der Waals surface area contributed by atoms with Crippen LogP contribution in [0.1, 0.15) is 92.1 Å². The van der Waals surface area contributed by atoms with Crippen molar-refractivity contribution in [2.45, 2.75) is 91.8 Å². The van der Waals surface area contributed by atoms with Crippen LogP contribution >= 0.6 is 11.8 Å². The Kier molecular flexibility index (Phi) is 16.8. The van der Waals surface area contributed by atoms with Crippen molar-refractivity contribution >= 4 is 39.4 Å². The normalized spacial score (nSPS) is 15.5. The standard InChI is InChI=1S/C26H29N3O5S.C26H29N3O3S.C2H4O2.H2O2/c1-17(2)35(31,32)23-10-9-18(15-22(23)33-4)25(30)29-13-11-26(12-14-29)20-16-27-28(3)24(20)19-7-5-6-8-21(19)34-26;1-17(2)33-23-10-9-18(15-22(23)31-4)25(30)29-13-11-26(12-14-29)20-16-27-28(3)24(20)19-7-5-6-8-21(19)32-26;1-2(3)4;1-2/h5-10,15-17H,11-14H2,1-4H3;5-10,15-17H,11-14H2,1-4H3;1H3,(H,3,4);1-2H. The van der Waals surface area contributed by atoms with Gasteiger partial charge >= 0.3 is 0 Å². The van der Waals surface area contributed by atoms with Crippen LogP contribution in [0.25, 0.3) is 22.5 Å². The molecule has 2 amide bonds. The third-order valence-corrected chi connectivity index (χ3v) is 16.8. The Balaban J connectivity index is 0.000000196. The van der Waals surface area contributed by atoms with E-state index >= 15 is 0 Å². The molecule has 2 fully saturated rings. The SMILES string of the molecule is CC(=O)O.COc1cc(C(=O)N2CCC3(CC2)Oc2ccccc2-c2c3cnn2C)ccc1S(=O)(=O)C(C)C.COc1cc(C(=O)N2CCC3(CC2)Oc2ccccc2-c2c3cnn2C)ccc1SC(C)C.OO. The molecule has 0 radical (unpaired) electrons. The first-order chi connectivity index (χ1) is 35.3. The maximum atomic E-state index is 13.3. The van der Waals surface area contributed by atoms with Gasteiger partial charge in [0.1, 0.15) is 39.1 Å². The average Bonchev–Trinajstić information content (AvgIpc) is 4.00. The number of benzene rings is 4. The first-order valence-corrected chi connectivity index (χ1v) is 26.6. The van der Waals surface area contributed by atoms with Gasteiger partial charge in [-0.3, -0.25) is 34.3 Å². The van der Waals surface area contributed by atoms with E-state index in [4.69, 9.17) is 39.4 Å². The molecule has 2 saturated heterocycles. The number of piperidine rings is 2. The Labute approximate surface area is 435 Å². The lowest BCUT2D eigenvalue weighted by Crippen LogP contribution is -2.49. The van der Waals surface area contributed by atoms with Gasteiger partial charge in [-0.1, -0.05) is 38.1 Å². The molecule has 0 saturated carbocycles. The Morgan fingerprint density at radius 3 is 1.47 bits per heavy atom. The number of hydrogen-bond donors (Lipinski definition) is 3. The number of para-hydroxylation sites is 2. The minimum atomic E-state index is -3.53. The molecule has 0 bridgehead atoms. The zero-order chi connectivity index (χ0) is 53.7. The van der Waals surface area contributed by atoms with Gasteiger partial charge < -0.3 is 33.9 Å². The summed E-state index contributed by atoms with van der Waals surface area (Å²) >= 11 is 1.74. The van der Waals surface area contributed by atoms with Crippen molar-refractivity contribution in [1.29, 1.82) is 0 Å². The van der Waals surface area contributed by atoms with Crippen molar-refractivity contribution in [2.75, 3.05) is 40.4 Å². The van der Waals surface area contributed by atoms with E-state index in [1.807, 2.05) is 101 Å². The Morgan fingerprint density at radius 2 is 1.07 bits per heavy atom. The molecule has 4 aromatic carbocycles. The van der Waals surface area contributed by atoms with Gasteiger partial charge in [-0.15, -0.1) is 11.8 Å². The third-order valence-electron chi connectivity index (χ3n) is 13.6. The highest BCUT2D eigenvalue weighted by atomic mass is 32.2. The van der Waals surface area contributed by atoms with Crippen molar-refractivity contribution in [1.82, 2.24) is 29.4 Å². The second kappa shape index (κ2) is 22.7. The summed E-state index contributed by atoms with van der Waals surface area (Å²) in [5.41, 5.74) is 6.50. The fourth-order valence-electron chi connectivity index (χ4n) is 9.91. The van der Waals surface area contributed by atoms with Crippen molar-refractivity contribution in [3.63, 3.8) is 0 Å². The van der Waals surface area contributed by atoms with Crippen LogP contribution in [0.15, 0.2) is 107 Å². The molecule has 4 aliphatic rings. The van der Waals surface area contributed by atoms with E-state index in [-0.39, 0.29) is 22.5 Å². The molecule has 4 aliphatic heterocycles. The van der Waals surface area contributed by atoms with Crippen LogP contribution in [0.2, 0.25) is 0 Å². The number of aromatic nitrogens is 4. The smallest absolute Gasteiger partial charge is 0.300 e. The summed E-state index contributed by atoms with van der Waals surface area (Å²) in [6.45, 7) is 10.9. The van der Waals surface area contributed by atoms with Crippen molar-refractivity contribution in [3.8, 4) is 45.5 Å². The molecule has 2 spiro atoms. The number of ether oxygens (including phenoxy) is 4. The number of aryl methyl sites for hydroxylation is 2. The molecule has 0 aliphatic carbocycles. The van der Waals surface area contributed by atoms with E-state index in [0.717, 1.165) is 75.6 Å². The molecule has 2 aromatic heterocycles. The van der Waals surface area contributed by atoms with E-state index in [2.05, 4.69) is 30.1 Å². The number of likely N-dealkylation sites (tertiary alicyclic amines) is 2. The first kappa shape index (κ1) is 54.9. The first-order valence-electron chi connectivity index (χ1n) is 24.2. The summed E-state index contributed by atoms with van der Waals surface area (Å²) in [6.07, 6.45) is 6.51. The number of methoxy groups -OCH3 is 2. The molecule has 18 nitrogen and oxygen atoms in total. The van der Waals surface area contributed by atoms with Gasteiger partial charge in [-0.25, -0.2) is 8.42 Å². The van der Waals surface area contributed by atoms with Crippen molar-refractivity contribution < 1.29 is 57.4 Å². The van der Waals surface area contributed by atoms with Gasteiger partial charge in [0, 0.05) is 116 Å². The molecule has 394 valence electrons. The highest BCUT2D eigenvalue weighted by Crippen LogP contribution is 2.51. The monoisotopic (exact) mass is 1050 g/mol. The minimum absolute atomic E-state index is 0.0341. The van der Waals surface area contributed by atoms with Crippen LogP contribution in [0, 0.1) is 0 Å². The maximum Gasteiger partial charge on any atom is 0.300 e. The quantitative estimate of drug-likeness (QED) is 0.0734. The predicted octanol–water partition coefficient (Wildman–Crippen LogP) is 9.03. The molecule has 0 unspecified atom stereocenters. The zero-order valence-corrected chi connectivity index (χ0v) is 44.7. The maximum absolute atomic E-state index is 13.3. The second-order valence-corrected chi connectivity index (χ2v) is 22.9. The average molecular weight is 1050 g/mol. The number of aliphatic carboxylic acids is 1. The lowest BCUT2D eigenvalue weighted by atomic mass is 9.81. The lowest BCUT2D eigenvalue weighted by Gasteiger charge is -2.44. The van der Waals surface area contributed by atoms with E-state index < -0.39 is 32.3 Å². The Bertz CT molecular complexity index is 3110. The molecule has 6 aromatic rings. The van der Waals surface area contributed by atoms with Gasteiger partial charge in [0.2, 0.25) is 0 Å². The number of carbonyl (C=O) groups is 3. The largest absolute Gasteiger partial charge is 0.496 e. The summed E-state index contributed by atoms with van der Waals surface area (Å²) in [4.78, 5) is 40.5. The Morgan fingerprint density at radius 1 is 0.662 bits per heavy atom. The highest BCUT2D eigenvalue weighted by Gasteiger charge is 2.47. The van der Waals surface area contributed by atoms with Gasteiger partial charge in [0.05, 0.1) is 43.3 Å². The van der Waals surface area contributed by atoms with Crippen molar-refractivity contribution in [3.05, 3.63) is 120 Å². The molecule has 74 heavy (non-hydrogen) atoms. The molecular weight excluding hydrogens is 989 g/mol. The number of sulfone groups is 1. The van der Waals surface area contributed by atoms with Crippen LogP contribution in [0.4, 0.5) is 0 Å². The van der Waals surface area contributed by atoms with E-state index in [9.17, 15) is 18.0 Å². The zero-order valence-electron chi connectivity index (χ0n) is 43.1. The third kappa shape index (κ3) is 10.8. The fourth-order valence-corrected chi connectivity index (χ4v) is 12.0. The molecule has 20 heteroatoms. The highest BCUT2D eigenvalue weighted by molar-refractivity contribution is 8.00. The molecule has 6 heterocycles. The molecule has 0 atom stereocenters. The number of thioether (sulfide) groups is 1. The second-order valence-electron chi connectivity index (χ2n) is 18.8. The van der Waals surface area contributed by atoms with Crippen LogP contribution in [-0.4, -0.2) is 122 Å². The topological polar surface area (TPSA) is 225 Å². The van der Waals surface area contributed by atoms with Gasteiger partial charge in [-0.2, -0.15) is 10.2 Å². The van der Waals surface area contributed by atoms with Crippen LogP contribution in [0.3, 0.4) is 0 Å². The van der Waals surface area contributed by atoms with Gasteiger partial charge in [0.15, 0.2) is 9.84 Å². The summed E-state index contributed by atoms with van der Waals surface area (Å²) in [7, 11) is 3.45. The minimum Gasteiger partial charge on any atom is -0.496 e. The number of amides is 2. The molecule has 3 N–H and O–H groups in total. The number of fused-ring (bicyclic) bond motifs is 8. The summed E-state index contributed by atoms with van der Waals surface area (Å²) in [6, 6.07) is 26.4. The fraction of sp³-hybridized carbons (Fsp3) is 0.389. The molecular formula is C54H64N6O12S2. The number of carboxylic acids is 1. The number of rotatable bonds is 8. The predicted molar refractivity (Wildman–Crippen MR) is 280 cm³/mol. The number of hydrogen-bond acceptors (Lipinski definition) is 14. The van der Waals surface area contributed by atoms with E-state index in [1.165, 1.54) is 19.2 Å². The number of carboxylic acid groups (broad SMARTS) is 1.